The highest BCUT2D eigenvalue weighted by Gasteiger charge is 2.72. The number of hydrogen-bond donors (Lipinski definition) is 5. The maximum atomic E-state index is 13.9. The molecule has 5 aliphatic rings. The Kier molecular flexibility index (Phi) is 5.36. The van der Waals surface area contributed by atoms with E-state index in [-0.39, 0.29) is 24.2 Å². The van der Waals surface area contributed by atoms with Gasteiger partial charge in [0.15, 0.2) is 11.5 Å². The first-order chi connectivity index (χ1) is 16.0. The van der Waals surface area contributed by atoms with Gasteiger partial charge in [0.1, 0.15) is 6.10 Å². The molecule has 1 unspecified atom stereocenters. The number of allylic oxidation sites excluding steroid dienone is 2. The van der Waals surface area contributed by atoms with Crippen LogP contribution in [0.5, 0.6) is 0 Å². The van der Waals surface area contributed by atoms with Crippen LogP contribution >= 0.6 is 0 Å². The second-order valence-corrected chi connectivity index (χ2v) is 12.9. The largest absolute Gasteiger partial charge is 0.504 e. The molecule has 3 fully saturated rings. The molecule has 0 aromatic carbocycles. The highest BCUT2D eigenvalue weighted by atomic mass is 16.5. The summed E-state index contributed by atoms with van der Waals surface area (Å²) in [5.41, 5.74) is -2.34. The Bertz CT molecular complexity index is 1050. The summed E-state index contributed by atoms with van der Waals surface area (Å²) in [6.07, 6.45) is -1.51. The molecule has 0 aromatic rings. The van der Waals surface area contributed by atoms with Crippen LogP contribution < -0.4 is 0 Å². The third-order valence-electron chi connectivity index (χ3n) is 9.93. The summed E-state index contributed by atoms with van der Waals surface area (Å²) in [6.45, 7) is 8.89. The summed E-state index contributed by atoms with van der Waals surface area (Å²) in [7, 11) is 0. The Balaban J connectivity index is 1.55. The van der Waals surface area contributed by atoms with Crippen molar-refractivity contribution < 1.29 is 39.9 Å². The van der Waals surface area contributed by atoms with Gasteiger partial charge in [-0.25, -0.2) is 0 Å². The minimum Gasteiger partial charge on any atom is -0.504 e. The summed E-state index contributed by atoms with van der Waals surface area (Å²) < 4.78 is 6.18. The van der Waals surface area contributed by atoms with Gasteiger partial charge < -0.3 is 30.3 Å². The van der Waals surface area contributed by atoms with Crippen molar-refractivity contribution in [1.29, 1.82) is 0 Å². The highest BCUT2D eigenvalue weighted by molar-refractivity contribution is 6.14. The number of fused-ring (bicyclic) bond motifs is 6. The number of aliphatic hydroxyl groups excluding tert-OH is 3. The Morgan fingerprint density at radius 3 is 2.37 bits per heavy atom. The standard InChI is InChI=1S/C27H38O8/c1-24(2,33)8-7-16-27(5,34)23-22(35-16)21(32)18-17-12(6-9-25(18,23)3)26(4)11-15(29)14(28)10-13(26)19(30)20(17)31/h14-16,18,22-23,28-30,33-34H,6-11H2,1-5H3/t14-,15+,16+,18+,22?,23+,25+,26-,27+/m1/s1. The first-order valence-corrected chi connectivity index (χ1v) is 12.7. The van der Waals surface area contributed by atoms with Crippen molar-refractivity contribution >= 4 is 11.6 Å². The average molecular weight is 491 g/mol. The average Bonchev–Trinajstić information content (AvgIpc) is 3.15. The second-order valence-electron chi connectivity index (χ2n) is 12.9. The first kappa shape index (κ1) is 25.1. The predicted octanol–water partition coefficient (Wildman–Crippen LogP) is 1.88. The molecule has 1 heterocycles. The quantitative estimate of drug-likeness (QED) is 0.403. The van der Waals surface area contributed by atoms with E-state index in [2.05, 4.69) is 0 Å². The maximum Gasteiger partial charge on any atom is 0.224 e. The normalized spacial score (nSPS) is 47.6. The van der Waals surface area contributed by atoms with E-state index in [1.165, 1.54) is 0 Å². The van der Waals surface area contributed by atoms with Gasteiger partial charge in [0, 0.05) is 23.3 Å². The van der Waals surface area contributed by atoms with Crippen LogP contribution in [0.1, 0.15) is 73.1 Å². The monoisotopic (exact) mass is 490 g/mol. The van der Waals surface area contributed by atoms with Crippen LogP contribution in [0.3, 0.4) is 0 Å². The highest BCUT2D eigenvalue weighted by Crippen LogP contribution is 2.66. The number of ether oxygens (including phenoxy) is 1. The van der Waals surface area contributed by atoms with E-state index in [1.54, 1.807) is 20.8 Å². The number of rotatable bonds is 3. The van der Waals surface area contributed by atoms with Crippen LogP contribution in [0.4, 0.5) is 0 Å². The Labute approximate surface area is 205 Å². The fourth-order valence-corrected chi connectivity index (χ4v) is 8.15. The number of aliphatic hydroxyl groups is 5. The lowest BCUT2D eigenvalue weighted by Gasteiger charge is -2.52. The van der Waals surface area contributed by atoms with E-state index in [0.29, 0.717) is 31.3 Å². The van der Waals surface area contributed by atoms with E-state index in [9.17, 15) is 35.1 Å². The maximum absolute atomic E-state index is 13.9. The molecule has 0 aromatic heterocycles. The van der Waals surface area contributed by atoms with Crippen molar-refractivity contribution in [3.8, 4) is 0 Å². The van der Waals surface area contributed by atoms with Crippen LogP contribution in [0, 0.1) is 22.7 Å². The van der Waals surface area contributed by atoms with Crippen molar-refractivity contribution in [3.05, 3.63) is 22.5 Å². The third kappa shape index (κ3) is 3.29. The molecule has 1 aliphatic heterocycles. The lowest BCUT2D eigenvalue weighted by atomic mass is 9.52. The van der Waals surface area contributed by atoms with Gasteiger partial charge in [0.25, 0.3) is 0 Å². The SMILES string of the molecule is CC(C)(O)CC[C@@H]1OC2C(=O)[C@@H]3C4=C(CC[C@]3(C)[C@H]2[C@@]1(C)O)[C@@]1(C)C[C@H](O)[C@H](O)CC1=C(O)C4=O. The Morgan fingerprint density at radius 2 is 1.74 bits per heavy atom. The van der Waals surface area contributed by atoms with Gasteiger partial charge in [-0.05, 0) is 63.9 Å². The number of carbonyl (C=O) groups is 2. The van der Waals surface area contributed by atoms with E-state index in [0.717, 1.165) is 5.57 Å². The summed E-state index contributed by atoms with van der Waals surface area (Å²) in [5, 5.41) is 53.5. The van der Waals surface area contributed by atoms with E-state index >= 15 is 0 Å². The zero-order chi connectivity index (χ0) is 25.9. The zero-order valence-electron chi connectivity index (χ0n) is 21.2. The molecule has 0 spiro atoms. The van der Waals surface area contributed by atoms with E-state index in [4.69, 9.17) is 4.74 Å². The van der Waals surface area contributed by atoms with Crippen molar-refractivity contribution in [2.75, 3.05) is 0 Å². The molecule has 0 bridgehead atoms. The van der Waals surface area contributed by atoms with Crippen molar-refractivity contribution in [1.82, 2.24) is 0 Å². The second kappa shape index (κ2) is 7.48. The molecule has 1 saturated heterocycles. The lowest BCUT2D eigenvalue weighted by molar-refractivity contribution is -0.136. The Hall–Kier alpha value is -1.58. The molecule has 2 saturated carbocycles. The van der Waals surface area contributed by atoms with E-state index in [1.807, 2.05) is 13.8 Å². The molecule has 194 valence electrons. The van der Waals surface area contributed by atoms with Gasteiger partial charge >= 0.3 is 0 Å². The molecule has 5 N–H and O–H groups in total. The smallest absolute Gasteiger partial charge is 0.224 e. The summed E-state index contributed by atoms with van der Waals surface area (Å²) in [6, 6.07) is 0. The number of ketones is 2. The van der Waals surface area contributed by atoms with Gasteiger partial charge in [-0.3, -0.25) is 9.59 Å². The minimum atomic E-state index is -1.33. The topological polar surface area (TPSA) is 145 Å². The molecule has 8 heteroatoms. The van der Waals surface area contributed by atoms with Gasteiger partial charge in [-0.15, -0.1) is 0 Å². The molecule has 35 heavy (non-hydrogen) atoms. The summed E-state index contributed by atoms with van der Waals surface area (Å²) >= 11 is 0. The van der Waals surface area contributed by atoms with Crippen LogP contribution in [0.2, 0.25) is 0 Å². The van der Waals surface area contributed by atoms with Crippen LogP contribution in [0.25, 0.3) is 0 Å². The van der Waals surface area contributed by atoms with Gasteiger partial charge in [0.2, 0.25) is 5.78 Å². The minimum absolute atomic E-state index is 0.00780. The number of hydrogen-bond acceptors (Lipinski definition) is 8. The first-order valence-electron chi connectivity index (χ1n) is 12.7. The Morgan fingerprint density at radius 1 is 1.09 bits per heavy atom. The third-order valence-corrected chi connectivity index (χ3v) is 9.93. The van der Waals surface area contributed by atoms with Crippen LogP contribution in [-0.4, -0.2) is 72.7 Å². The number of carbonyl (C=O) groups excluding carboxylic acids is 2. The van der Waals surface area contributed by atoms with Crippen molar-refractivity contribution in [2.45, 2.75) is 109 Å². The molecular formula is C27H38O8. The lowest BCUT2D eigenvalue weighted by Crippen LogP contribution is -2.52. The molecule has 0 amide bonds. The van der Waals surface area contributed by atoms with Crippen LogP contribution in [0.15, 0.2) is 22.5 Å². The molecule has 8 nitrogen and oxygen atoms in total. The predicted molar refractivity (Wildman–Crippen MR) is 125 cm³/mol. The van der Waals surface area contributed by atoms with Crippen molar-refractivity contribution in [2.24, 2.45) is 22.7 Å². The van der Waals surface area contributed by atoms with Gasteiger partial charge in [-0.1, -0.05) is 19.4 Å². The number of Topliss-reactive ketones (excluding diaryl/α,β-unsaturated/α-hetero) is 2. The van der Waals surface area contributed by atoms with E-state index < -0.39 is 69.8 Å². The molecular weight excluding hydrogens is 452 g/mol. The van der Waals surface area contributed by atoms with Crippen LogP contribution in [-0.2, 0) is 14.3 Å². The fraction of sp³-hybridized carbons (Fsp3) is 0.778. The van der Waals surface area contributed by atoms with Crippen molar-refractivity contribution in [3.63, 3.8) is 0 Å². The van der Waals surface area contributed by atoms with Gasteiger partial charge in [-0.2, -0.15) is 0 Å². The summed E-state index contributed by atoms with van der Waals surface area (Å²) in [4.78, 5) is 27.4. The molecule has 5 rings (SSSR count). The molecule has 4 aliphatic carbocycles. The van der Waals surface area contributed by atoms with Gasteiger partial charge in [0.05, 0.1) is 35.4 Å². The molecule has 9 atom stereocenters. The summed E-state index contributed by atoms with van der Waals surface area (Å²) in [5.74, 6) is -2.61. The zero-order valence-corrected chi connectivity index (χ0v) is 21.2. The molecule has 0 radical (unpaired) electrons. The fourth-order valence-electron chi connectivity index (χ4n) is 8.15.